The van der Waals surface area contributed by atoms with Crippen LogP contribution in [0.5, 0.6) is 5.75 Å². The van der Waals surface area contributed by atoms with Crippen LogP contribution >= 0.6 is 23.1 Å². The van der Waals surface area contributed by atoms with Crippen LogP contribution in [0.3, 0.4) is 0 Å². The summed E-state index contributed by atoms with van der Waals surface area (Å²) in [6.07, 6.45) is 3.68. The molecule has 1 aromatic heterocycles. The number of hydrogen-bond donors (Lipinski definition) is 0. The topological polar surface area (TPSA) is 68.7 Å². The first-order valence-electron chi connectivity index (χ1n) is 9.60. The number of esters is 1. The van der Waals surface area contributed by atoms with Crippen LogP contribution in [-0.2, 0) is 16.0 Å². The summed E-state index contributed by atoms with van der Waals surface area (Å²) in [5.41, 5.74) is 0.925. The van der Waals surface area contributed by atoms with E-state index in [1.165, 1.54) is 23.1 Å². The summed E-state index contributed by atoms with van der Waals surface area (Å²) in [6.45, 7) is 3.20. The Labute approximate surface area is 179 Å². The quantitative estimate of drug-likeness (QED) is 0.486. The molecule has 156 valence electrons. The van der Waals surface area contributed by atoms with Crippen LogP contribution in [0.4, 0.5) is 0 Å². The lowest BCUT2D eigenvalue weighted by atomic mass is 9.73. The number of benzene rings is 1. The van der Waals surface area contributed by atoms with Gasteiger partial charge in [-0.2, -0.15) is 0 Å². The number of rotatable bonds is 7. The van der Waals surface area contributed by atoms with Crippen LogP contribution in [0.15, 0.2) is 34.0 Å². The number of aromatic nitrogens is 1. The maximum absolute atomic E-state index is 12.9. The van der Waals surface area contributed by atoms with Crippen LogP contribution in [0.2, 0.25) is 0 Å². The first kappa shape index (κ1) is 21.6. The highest BCUT2D eigenvalue weighted by atomic mass is 32.2. The molecular formula is C21H26N2O4S2. The van der Waals surface area contributed by atoms with Crippen LogP contribution in [0, 0.1) is 5.41 Å². The second-order valence-corrected chi connectivity index (χ2v) is 8.93. The Morgan fingerprint density at radius 3 is 2.48 bits per heavy atom. The zero-order valence-electron chi connectivity index (χ0n) is 17.0. The molecule has 1 aliphatic heterocycles. The van der Waals surface area contributed by atoms with Crippen molar-refractivity contribution < 1.29 is 19.1 Å². The second-order valence-electron chi connectivity index (χ2n) is 7.02. The van der Waals surface area contributed by atoms with E-state index in [0.717, 1.165) is 15.7 Å². The number of amides is 1. The maximum Gasteiger partial charge on any atom is 0.312 e. The highest BCUT2D eigenvalue weighted by Crippen LogP contribution is 2.37. The first-order valence-corrected chi connectivity index (χ1v) is 11.7. The molecule has 0 spiro atoms. The van der Waals surface area contributed by atoms with Crippen LogP contribution in [0.1, 0.15) is 35.8 Å². The summed E-state index contributed by atoms with van der Waals surface area (Å²) in [5, 5.41) is 1.80. The average Bonchev–Trinajstić information content (AvgIpc) is 3.24. The van der Waals surface area contributed by atoms with E-state index < -0.39 is 5.41 Å². The molecule has 0 unspecified atom stereocenters. The number of likely N-dealkylation sites (tertiary alicyclic amines) is 1. The molecule has 0 bridgehead atoms. The number of carbonyl (C=O) groups excluding carboxylic acids is 2. The standard InChI is InChI=1S/C21H26N2O4S2/c1-4-27-19(25)21(13-15-5-7-16(26-2)8-6-15)9-11-23(12-10-21)18(24)17-14-29-20(22-17)28-3/h5-8,14H,4,9-13H2,1-3H3. The minimum atomic E-state index is -0.617. The Hall–Kier alpha value is -2.06. The largest absolute Gasteiger partial charge is 0.497 e. The smallest absolute Gasteiger partial charge is 0.312 e. The number of thiazole rings is 1. The minimum Gasteiger partial charge on any atom is -0.497 e. The molecule has 0 aliphatic carbocycles. The van der Waals surface area contributed by atoms with Crippen LogP contribution in [0.25, 0.3) is 0 Å². The molecule has 1 amide bonds. The van der Waals surface area contributed by atoms with Gasteiger partial charge in [0.05, 0.1) is 19.1 Å². The zero-order valence-corrected chi connectivity index (χ0v) is 18.6. The van der Waals surface area contributed by atoms with E-state index in [2.05, 4.69) is 4.98 Å². The molecule has 6 nitrogen and oxygen atoms in total. The summed E-state index contributed by atoms with van der Waals surface area (Å²) in [7, 11) is 1.63. The summed E-state index contributed by atoms with van der Waals surface area (Å²) in [4.78, 5) is 31.8. The third kappa shape index (κ3) is 4.93. The molecule has 0 radical (unpaired) electrons. The molecular weight excluding hydrogens is 408 g/mol. The van der Waals surface area contributed by atoms with Gasteiger partial charge in [0.15, 0.2) is 0 Å². The van der Waals surface area contributed by atoms with Crippen molar-refractivity contribution >= 4 is 35.0 Å². The molecule has 2 aromatic rings. The van der Waals surface area contributed by atoms with E-state index in [1.807, 2.05) is 37.4 Å². The Morgan fingerprint density at radius 2 is 1.93 bits per heavy atom. The number of hydrogen-bond acceptors (Lipinski definition) is 7. The van der Waals surface area contributed by atoms with Crippen molar-refractivity contribution in [2.75, 3.05) is 33.1 Å². The Bertz CT molecular complexity index is 843. The van der Waals surface area contributed by atoms with Crippen molar-refractivity contribution in [2.45, 2.75) is 30.5 Å². The van der Waals surface area contributed by atoms with E-state index >= 15 is 0 Å². The van der Waals surface area contributed by atoms with Crippen LogP contribution < -0.4 is 4.74 Å². The molecule has 0 saturated carbocycles. The highest BCUT2D eigenvalue weighted by molar-refractivity contribution is 8.00. The monoisotopic (exact) mass is 434 g/mol. The summed E-state index contributed by atoms with van der Waals surface area (Å²) < 4.78 is 11.5. The van der Waals surface area contributed by atoms with Gasteiger partial charge in [-0.3, -0.25) is 9.59 Å². The average molecular weight is 435 g/mol. The number of methoxy groups -OCH3 is 1. The van der Waals surface area contributed by atoms with Gasteiger partial charge >= 0.3 is 5.97 Å². The zero-order chi connectivity index (χ0) is 20.9. The second kappa shape index (κ2) is 9.63. The Morgan fingerprint density at radius 1 is 1.24 bits per heavy atom. The normalized spacial score (nSPS) is 15.8. The number of carbonyl (C=O) groups is 2. The molecule has 0 atom stereocenters. The fourth-order valence-corrected chi connectivity index (χ4v) is 4.86. The van der Waals surface area contributed by atoms with E-state index in [0.29, 0.717) is 44.7 Å². The molecule has 1 aromatic carbocycles. The number of nitrogens with zero attached hydrogens (tertiary/aromatic N) is 2. The van der Waals surface area contributed by atoms with Crippen molar-refractivity contribution in [1.82, 2.24) is 9.88 Å². The number of thioether (sulfide) groups is 1. The highest BCUT2D eigenvalue weighted by Gasteiger charge is 2.43. The Balaban J connectivity index is 1.73. The molecule has 1 fully saturated rings. The SMILES string of the molecule is CCOC(=O)C1(Cc2ccc(OC)cc2)CCN(C(=O)c2csc(SC)n2)CC1. The lowest BCUT2D eigenvalue weighted by Gasteiger charge is -2.40. The van der Waals surface area contributed by atoms with Gasteiger partial charge in [-0.1, -0.05) is 23.9 Å². The van der Waals surface area contributed by atoms with Gasteiger partial charge in [-0.05, 0) is 50.1 Å². The van der Waals surface area contributed by atoms with Crippen LogP contribution in [-0.4, -0.2) is 54.8 Å². The third-order valence-corrected chi connectivity index (χ3v) is 7.16. The lowest BCUT2D eigenvalue weighted by Crippen LogP contribution is -2.48. The van der Waals surface area contributed by atoms with Crippen molar-refractivity contribution in [3.63, 3.8) is 0 Å². The first-order chi connectivity index (χ1) is 14.0. The molecule has 8 heteroatoms. The van der Waals surface area contributed by atoms with E-state index in [1.54, 1.807) is 17.4 Å². The molecule has 0 N–H and O–H groups in total. The molecule has 1 saturated heterocycles. The van der Waals surface area contributed by atoms with Gasteiger partial charge in [0.2, 0.25) is 0 Å². The van der Waals surface area contributed by atoms with Gasteiger partial charge in [0, 0.05) is 18.5 Å². The lowest BCUT2D eigenvalue weighted by molar-refractivity contribution is -0.158. The van der Waals surface area contributed by atoms with Gasteiger partial charge in [0.1, 0.15) is 15.8 Å². The fraction of sp³-hybridized carbons (Fsp3) is 0.476. The van der Waals surface area contributed by atoms with Crippen molar-refractivity contribution in [1.29, 1.82) is 0 Å². The van der Waals surface area contributed by atoms with Crippen molar-refractivity contribution in [2.24, 2.45) is 5.41 Å². The van der Waals surface area contributed by atoms with E-state index in [-0.39, 0.29) is 11.9 Å². The predicted molar refractivity (Wildman–Crippen MR) is 115 cm³/mol. The summed E-state index contributed by atoms with van der Waals surface area (Å²) in [6, 6.07) is 7.77. The van der Waals surface area contributed by atoms with E-state index in [9.17, 15) is 9.59 Å². The van der Waals surface area contributed by atoms with Gasteiger partial charge in [0.25, 0.3) is 5.91 Å². The number of piperidine rings is 1. The van der Waals surface area contributed by atoms with E-state index in [4.69, 9.17) is 9.47 Å². The number of ether oxygens (including phenoxy) is 2. The molecule has 3 rings (SSSR count). The van der Waals surface area contributed by atoms with Gasteiger partial charge < -0.3 is 14.4 Å². The summed E-state index contributed by atoms with van der Waals surface area (Å²) in [5.74, 6) is 0.539. The predicted octanol–water partition coefficient (Wildman–Crippen LogP) is 3.90. The molecule has 29 heavy (non-hydrogen) atoms. The van der Waals surface area contributed by atoms with Crippen molar-refractivity contribution in [3.8, 4) is 5.75 Å². The fourth-order valence-electron chi connectivity index (χ4n) is 3.62. The molecule has 2 heterocycles. The minimum absolute atomic E-state index is 0.0662. The summed E-state index contributed by atoms with van der Waals surface area (Å²) >= 11 is 3.01. The third-order valence-electron chi connectivity index (χ3n) is 5.29. The molecule has 1 aliphatic rings. The van der Waals surface area contributed by atoms with Gasteiger partial charge in [-0.25, -0.2) is 4.98 Å². The van der Waals surface area contributed by atoms with Gasteiger partial charge in [-0.15, -0.1) is 11.3 Å². The Kier molecular flexibility index (Phi) is 7.18. The maximum atomic E-state index is 12.9. The van der Waals surface area contributed by atoms with Crippen molar-refractivity contribution in [3.05, 3.63) is 40.9 Å².